The van der Waals surface area contributed by atoms with Gasteiger partial charge >= 0.3 is 0 Å². The van der Waals surface area contributed by atoms with Crippen molar-refractivity contribution >= 4 is 16.4 Å². The fraction of sp³-hybridized carbons (Fsp3) is 0.455. The molecule has 1 fully saturated rings. The minimum Gasteiger partial charge on any atom is -0.312 e. The lowest BCUT2D eigenvalue weighted by Gasteiger charge is -2.18. The van der Waals surface area contributed by atoms with E-state index in [1.165, 1.54) is 24.3 Å². The third-order valence-electron chi connectivity index (χ3n) is 3.15. The number of hydrogen-bond acceptors (Lipinski definition) is 5. The molecule has 1 heterocycles. The number of nitrogens with zero attached hydrogens (tertiary/aromatic N) is 1. The maximum Gasteiger partial charge on any atom is 0.269 e. The summed E-state index contributed by atoms with van der Waals surface area (Å²) in [7, 11) is -2.61. The van der Waals surface area contributed by atoms with Crippen molar-refractivity contribution in [2.75, 3.05) is 6.54 Å². The largest absolute Gasteiger partial charge is 0.312 e. The van der Waals surface area contributed by atoms with Gasteiger partial charge in [-0.05, 0) is 24.9 Å². The third-order valence-corrected chi connectivity index (χ3v) is 4.26. The maximum absolute atomic E-state index is 11.4. The van der Waals surface area contributed by atoms with Gasteiger partial charge in [0.1, 0.15) is 10.7 Å². The maximum atomic E-state index is 11.4. The van der Waals surface area contributed by atoms with Gasteiger partial charge in [-0.15, -0.1) is 0 Å². The highest BCUT2D eigenvalue weighted by Crippen LogP contribution is 2.27. The first-order chi connectivity index (χ1) is 8.59. The summed E-state index contributed by atoms with van der Waals surface area (Å²) in [5, 5.41) is 13.1. The SMILES string of the molecule is O=[N+]([O-])c1ccc(C(C2CCCN2)[SH](=O)=O)cc1. The quantitative estimate of drug-likeness (QED) is 0.484. The van der Waals surface area contributed by atoms with Crippen LogP contribution in [0, 0.1) is 10.1 Å². The molecule has 2 rings (SSSR count). The Labute approximate surface area is 106 Å². The Morgan fingerprint density at radius 2 is 2.00 bits per heavy atom. The van der Waals surface area contributed by atoms with Crippen molar-refractivity contribution in [1.29, 1.82) is 0 Å². The van der Waals surface area contributed by atoms with Crippen LogP contribution in [0.25, 0.3) is 0 Å². The van der Waals surface area contributed by atoms with Gasteiger partial charge in [-0.2, -0.15) is 0 Å². The van der Waals surface area contributed by atoms with E-state index >= 15 is 0 Å². The zero-order valence-electron chi connectivity index (χ0n) is 9.61. The van der Waals surface area contributed by atoms with Gasteiger partial charge in [-0.3, -0.25) is 10.1 Å². The minimum absolute atomic E-state index is 0.0296. The molecule has 1 aromatic rings. The lowest BCUT2D eigenvalue weighted by atomic mass is 10.0. The third kappa shape index (κ3) is 2.68. The van der Waals surface area contributed by atoms with Crippen LogP contribution in [-0.4, -0.2) is 25.9 Å². The van der Waals surface area contributed by atoms with Crippen LogP contribution >= 0.6 is 0 Å². The number of hydrogen-bond donors (Lipinski definition) is 2. The van der Waals surface area contributed by atoms with Gasteiger partial charge in [-0.1, -0.05) is 12.1 Å². The Morgan fingerprint density at radius 1 is 1.33 bits per heavy atom. The van der Waals surface area contributed by atoms with E-state index in [9.17, 15) is 18.5 Å². The molecule has 0 aromatic heterocycles. The molecule has 0 bridgehead atoms. The van der Waals surface area contributed by atoms with Crippen molar-refractivity contribution in [2.24, 2.45) is 0 Å². The van der Waals surface area contributed by atoms with Crippen molar-refractivity contribution < 1.29 is 13.3 Å². The molecule has 2 atom stereocenters. The smallest absolute Gasteiger partial charge is 0.269 e. The molecule has 1 aromatic carbocycles. The summed E-state index contributed by atoms with van der Waals surface area (Å²) in [6, 6.07) is 5.64. The highest BCUT2D eigenvalue weighted by molar-refractivity contribution is 7.72. The van der Waals surface area contributed by atoms with Crippen molar-refractivity contribution in [1.82, 2.24) is 5.32 Å². The first-order valence-corrected chi connectivity index (χ1v) is 6.95. The molecule has 1 saturated heterocycles. The molecule has 0 amide bonds. The number of non-ortho nitro benzene ring substituents is 1. The highest BCUT2D eigenvalue weighted by Gasteiger charge is 2.28. The van der Waals surface area contributed by atoms with Gasteiger partial charge in [0, 0.05) is 18.2 Å². The summed E-state index contributed by atoms with van der Waals surface area (Å²) in [6.45, 7) is 0.817. The summed E-state index contributed by atoms with van der Waals surface area (Å²) in [5.74, 6) is 0. The molecular weight excluding hydrogens is 256 g/mol. The number of benzene rings is 1. The van der Waals surface area contributed by atoms with E-state index in [0.29, 0.717) is 5.56 Å². The van der Waals surface area contributed by atoms with Crippen LogP contribution in [0.5, 0.6) is 0 Å². The Kier molecular flexibility index (Phi) is 3.93. The number of nitro groups is 1. The van der Waals surface area contributed by atoms with E-state index < -0.39 is 20.9 Å². The van der Waals surface area contributed by atoms with Gasteiger partial charge in [-0.25, -0.2) is 8.42 Å². The standard InChI is InChI=1S/C11H14N2O4S/c14-13(15)9-5-3-8(4-6-9)11(18(16)17)10-2-1-7-12-10/h3-6,10-12,18H,1-2,7H2. The molecule has 98 valence electrons. The predicted molar refractivity (Wildman–Crippen MR) is 67.2 cm³/mol. The fourth-order valence-electron chi connectivity index (χ4n) is 2.28. The summed E-state index contributed by atoms with van der Waals surface area (Å²) in [6.07, 6.45) is 1.77. The van der Waals surface area contributed by atoms with Crippen molar-refractivity contribution in [3.05, 3.63) is 39.9 Å². The molecule has 0 saturated carbocycles. The summed E-state index contributed by atoms with van der Waals surface area (Å²) >= 11 is 0. The number of nitrogens with one attached hydrogen (secondary N) is 1. The normalized spacial score (nSPS) is 21.1. The van der Waals surface area contributed by atoms with Crippen LogP contribution < -0.4 is 5.32 Å². The second-order valence-electron chi connectivity index (χ2n) is 4.28. The van der Waals surface area contributed by atoms with Crippen LogP contribution in [-0.2, 0) is 10.7 Å². The van der Waals surface area contributed by atoms with E-state index in [1.807, 2.05) is 0 Å². The van der Waals surface area contributed by atoms with E-state index in [2.05, 4.69) is 5.32 Å². The topological polar surface area (TPSA) is 89.3 Å². The van der Waals surface area contributed by atoms with Crippen LogP contribution in [0.3, 0.4) is 0 Å². The molecule has 7 heteroatoms. The Balaban J connectivity index is 2.28. The van der Waals surface area contributed by atoms with Gasteiger partial charge in [0.15, 0.2) is 0 Å². The van der Waals surface area contributed by atoms with Crippen LogP contribution in [0.2, 0.25) is 0 Å². The zero-order chi connectivity index (χ0) is 13.1. The zero-order valence-corrected chi connectivity index (χ0v) is 10.5. The lowest BCUT2D eigenvalue weighted by molar-refractivity contribution is -0.384. The predicted octanol–water partition coefficient (Wildman–Crippen LogP) is 0.999. The molecule has 0 aliphatic carbocycles. The molecule has 0 spiro atoms. The number of thiol groups is 1. The Bertz CT molecular complexity index is 498. The summed E-state index contributed by atoms with van der Waals surface area (Å²) in [4.78, 5) is 10.0. The van der Waals surface area contributed by atoms with Crippen molar-refractivity contribution in [2.45, 2.75) is 24.1 Å². The monoisotopic (exact) mass is 270 g/mol. The highest BCUT2D eigenvalue weighted by atomic mass is 32.2. The van der Waals surface area contributed by atoms with Crippen molar-refractivity contribution in [3.8, 4) is 0 Å². The molecule has 2 unspecified atom stereocenters. The van der Waals surface area contributed by atoms with Crippen LogP contribution in [0.1, 0.15) is 23.7 Å². The molecule has 1 N–H and O–H groups in total. The van der Waals surface area contributed by atoms with Gasteiger partial charge in [0.05, 0.1) is 10.2 Å². The van der Waals surface area contributed by atoms with E-state index in [4.69, 9.17) is 0 Å². The van der Waals surface area contributed by atoms with E-state index in [1.54, 1.807) is 0 Å². The number of nitro benzene ring substituents is 1. The molecule has 6 nitrogen and oxygen atoms in total. The molecule has 0 radical (unpaired) electrons. The van der Waals surface area contributed by atoms with Gasteiger partial charge in [0.2, 0.25) is 0 Å². The second-order valence-corrected chi connectivity index (χ2v) is 5.41. The first-order valence-electron chi connectivity index (χ1n) is 5.71. The molecule has 1 aliphatic rings. The lowest BCUT2D eigenvalue weighted by Crippen LogP contribution is -2.29. The molecule has 18 heavy (non-hydrogen) atoms. The van der Waals surface area contributed by atoms with Crippen molar-refractivity contribution in [3.63, 3.8) is 0 Å². The average Bonchev–Trinajstić information content (AvgIpc) is 2.83. The molecule has 1 aliphatic heterocycles. The summed E-state index contributed by atoms with van der Waals surface area (Å²) in [5.41, 5.74) is 0.578. The summed E-state index contributed by atoms with van der Waals surface area (Å²) < 4.78 is 22.7. The Hall–Kier alpha value is -1.47. The number of rotatable bonds is 4. The van der Waals surface area contributed by atoms with Gasteiger partial charge < -0.3 is 5.32 Å². The fourth-order valence-corrected chi connectivity index (χ4v) is 3.24. The minimum atomic E-state index is -2.61. The van der Waals surface area contributed by atoms with Gasteiger partial charge in [0.25, 0.3) is 5.69 Å². The average molecular weight is 270 g/mol. The first kappa shape index (κ1) is 13.0. The van der Waals surface area contributed by atoms with E-state index in [-0.39, 0.29) is 11.7 Å². The molecular formula is C11H14N2O4S. The van der Waals surface area contributed by atoms with Crippen LogP contribution in [0.4, 0.5) is 5.69 Å². The Morgan fingerprint density at radius 3 is 2.44 bits per heavy atom. The second kappa shape index (κ2) is 5.45. The van der Waals surface area contributed by atoms with Crippen LogP contribution in [0.15, 0.2) is 24.3 Å². The van der Waals surface area contributed by atoms with E-state index in [0.717, 1.165) is 19.4 Å².